The van der Waals surface area contributed by atoms with Gasteiger partial charge < -0.3 is 9.32 Å². The van der Waals surface area contributed by atoms with Crippen molar-refractivity contribution < 1.29 is 4.42 Å². The molecule has 0 unspecified atom stereocenters. The molecule has 0 spiro atoms. The Kier molecular flexibility index (Phi) is 7.00. The zero-order valence-electron chi connectivity index (χ0n) is 27.5. The van der Waals surface area contributed by atoms with E-state index in [4.69, 9.17) is 9.40 Å². The summed E-state index contributed by atoms with van der Waals surface area (Å²) in [7, 11) is 0. The Morgan fingerprint density at radius 2 is 1.14 bits per heavy atom. The Balaban J connectivity index is 1.18. The van der Waals surface area contributed by atoms with Gasteiger partial charge in [0, 0.05) is 33.3 Å². The van der Waals surface area contributed by atoms with E-state index >= 15 is 0 Å². The second-order valence-electron chi connectivity index (χ2n) is 12.8. The van der Waals surface area contributed by atoms with Gasteiger partial charge in [-0.1, -0.05) is 121 Å². The van der Waals surface area contributed by atoms with Gasteiger partial charge >= 0.3 is 0 Å². The van der Waals surface area contributed by atoms with E-state index < -0.39 is 0 Å². The van der Waals surface area contributed by atoms with Crippen LogP contribution in [0.4, 0.5) is 17.1 Å². The minimum absolute atomic E-state index is 0.860. The number of hydrogen-bond acceptors (Lipinski definition) is 4. The van der Waals surface area contributed by atoms with Gasteiger partial charge in [0.1, 0.15) is 16.2 Å². The van der Waals surface area contributed by atoms with Crippen molar-refractivity contribution in [3.05, 3.63) is 182 Å². The number of fused-ring (bicyclic) bond motifs is 6. The lowest BCUT2D eigenvalue weighted by molar-refractivity contribution is 0.669. The van der Waals surface area contributed by atoms with Gasteiger partial charge in [0.05, 0.1) is 15.9 Å². The number of thiazole rings is 1. The number of para-hydroxylation sites is 1. The highest BCUT2D eigenvalue weighted by Gasteiger charge is 2.21. The first kappa shape index (κ1) is 29.4. The third kappa shape index (κ3) is 5.16. The fourth-order valence-corrected chi connectivity index (χ4v) is 8.33. The van der Waals surface area contributed by atoms with Gasteiger partial charge in [-0.05, 0) is 88.1 Å². The molecule has 0 atom stereocenters. The smallest absolute Gasteiger partial charge is 0.137 e. The molecule has 10 aromatic rings. The summed E-state index contributed by atoms with van der Waals surface area (Å²) in [6, 6.07) is 64.5. The molecule has 0 saturated carbocycles. The standard InChI is InChI=1S/C47H30N2OS/c1-4-13-32(14-5-1)39-29-36(35-21-20-31-12-10-11-17-34(31)28-35)22-25-42(39)49(37-18-8-3-9-19-37)38-23-26-43-40(30-38)45-44(50-43)27-24-41-46(45)51-47(48-41)33-15-6-2-7-16-33/h1-30H. The Bertz CT molecular complexity index is 2860. The van der Waals surface area contributed by atoms with Crippen molar-refractivity contribution in [2.45, 2.75) is 0 Å². The van der Waals surface area contributed by atoms with E-state index in [1.807, 2.05) is 6.07 Å². The molecule has 0 saturated heterocycles. The van der Waals surface area contributed by atoms with Gasteiger partial charge in [0.2, 0.25) is 0 Å². The van der Waals surface area contributed by atoms with Crippen molar-refractivity contribution in [1.29, 1.82) is 0 Å². The maximum atomic E-state index is 6.47. The second kappa shape index (κ2) is 12.1. The van der Waals surface area contributed by atoms with E-state index in [2.05, 4.69) is 181 Å². The first-order valence-electron chi connectivity index (χ1n) is 17.1. The van der Waals surface area contributed by atoms with Crippen LogP contribution in [0.2, 0.25) is 0 Å². The minimum atomic E-state index is 0.860. The van der Waals surface area contributed by atoms with E-state index in [-0.39, 0.29) is 0 Å². The van der Waals surface area contributed by atoms with Gasteiger partial charge in [0.25, 0.3) is 0 Å². The summed E-state index contributed by atoms with van der Waals surface area (Å²) in [5.74, 6) is 0. The number of hydrogen-bond donors (Lipinski definition) is 0. The molecule has 0 radical (unpaired) electrons. The van der Waals surface area contributed by atoms with Crippen LogP contribution in [0.5, 0.6) is 0 Å². The highest BCUT2D eigenvalue weighted by atomic mass is 32.1. The average molecular weight is 671 g/mol. The summed E-state index contributed by atoms with van der Waals surface area (Å²) in [6.07, 6.45) is 0. The van der Waals surface area contributed by atoms with Crippen molar-refractivity contribution in [1.82, 2.24) is 4.98 Å². The van der Waals surface area contributed by atoms with Crippen LogP contribution in [-0.2, 0) is 0 Å². The minimum Gasteiger partial charge on any atom is -0.456 e. The summed E-state index contributed by atoms with van der Waals surface area (Å²) in [5.41, 5.74) is 11.7. The van der Waals surface area contributed by atoms with E-state index in [9.17, 15) is 0 Å². The molecule has 0 fully saturated rings. The summed E-state index contributed by atoms with van der Waals surface area (Å²) < 4.78 is 7.61. The molecule has 0 amide bonds. The molecule has 2 aromatic heterocycles. The Morgan fingerprint density at radius 1 is 0.471 bits per heavy atom. The largest absolute Gasteiger partial charge is 0.456 e. The first-order valence-corrected chi connectivity index (χ1v) is 17.9. The molecule has 240 valence electrons. The molecule has 3 nitrogen and oxygen atoms in total. The summed E-state index contributed by atoms with van der Waals surface area (Å²) in [5, 5.41) is 5.66. The Morgan fingerprint density at radius 3 is 1.94 bits per heavy atom. The fourth-order valence-electron chi connectivity index (χ4n) is 7.21. The molecule has 10 rings (SSSR count). The van der Waals surface area contributed by atoms with Crippen LogP contribution in [0, 0.1) is 0 Å². The molecule has 0 aliphatic rings. The summed E-state index contributed by atoms with van der Waals surface area (Å²) in [4.78, 5) is 7.40. The number of nitrogens with zero attached hydrogens (tertiary/aromatic N) is 2. The summed E-state index contributed by atoms with van der Waals surface area (Å²) >= 11 is 1.72. The van der Waals surface area contributed by atoms with E-state index in [0.29, 0.717) is 0 Å². The molecule has 4 heteroatoms. The van der Waals surface area contributed by atoms with Crippen LogP contribution in [0.25, 0.3) is 75.8 Å². The molecule has 51 heavy (non-hydrogen) atoms. The maximum absolute atomic E-state index is 6.47. The molecular weight excluding hydrogens is 641 g/mol. The average Bonchev–Trinajstić information content (AvgIpc) is 3.81. The van der Waals surface area contributed by atoms with E-state index in [0.717, 1.165) is 70.9 Å². The van der Waals surface area contributed by atoms with Crippen molar-refractivity contribution in [3.63, 3.8) is 0 Å². The maximum Gasteiger partial charge on any atom is 0.137 e. The first-order chi connectivity index (χ1) is 25.3. The van der Waals surface area contributed by atoms with Gasteiger partial charge in [-0.15, -0.1) is 11.3 Å². The number of rotatable bonds is 6. The molecule has 0 N–H and O–H groups in total. The summed E-state index contributed by atoms with van der Waals surface area (Å²) in [6.45, 7) is 0. The van der Waals surface area contributed by atoms with Crippen molar-refractivity contribution >= 4 is 71.3 Å². The lowest BCUT2D eigenvalue weighted by atomic mass is 9.95. The topological polar surface area (TPSA) is 29.3 Å². The highest BCUT2D eigenvalue weighted by Crippen LogP contribution is 2.46. The molecular formula is C47H30N2OS. The van der Waals surface area contributed by atoms with Crippen LogP contribution in [0.15, 0.2) is 186 Å². The molecule has 0 aliphatic carbocycles. The van der Waals surface area contributed by atoms with Gasteiger partial charge in [0.15, 0.2) is 0 Å². The van der Waals surface area contributed by atoms with Crippen molar-refractivity contribution in [3.8, 4) is 32.8 Å². The molecule has 0 aliphatic heterocycles. The number of benzene rings is 8. The van der Waals surface area contributed by atoms with Crippen LogP contribution < -0.4 is 4.90 Å². The fraction of sp³-hybridized carbons (Fsp3) is 0. The quantitative estimate of drug-likeness (QED) is 0.176. The molecule has 2 heterocycles. The van der Waals surface area contributed by atoms with Crippen molar-refractivity contribution in [2.75, 3.05) is 4.90 Å². The van der Waals surface area contributed by atoms with E-state index in [1.165, 1.54) is 21.9 Å². The third-order valence-corrected chi connectivity index (χ3v) is 10.8. The number of anilines is 3. The Hall–Kier alpha value is -6.49. The van der Waals surface area contributed by atoms with Gasteiger partial charge in [-0.2, -0.15) is 0 Å². The normalized spacial score (nSPS) is 11.5. The second-order valence-corrected chi connectivity index (χ2v) is 13.8. The molecule has 8 aromatic carbocycles. The predicted molar refractivity (Wildman–Crippen MR) is 215 cm³/mol. The van der Waals surface area contributed by atoms with Crippen molar-refractivity contribution in [2.24, 2.45) is 0 Å². The van der Waals surface area contributed by atoms with Gasteiger partial charge in [-0.3, -0.25) is 0 Å². The predicted octanol–water partition coefficient (Wildman–Crippen LogP) is 13.8. The SMILES string of the molecule is c1ccc(-c2nc3ccc4oc5ccc(N(c6ccccc6)c6ccc(-c7ccc8ccccc8c7)cc6-c6ccccc6)cc5c4c3s2)cc1. The monoisotopic (exact) mass is 670 g/mol. The zero-order valence-corrected chi connectivity index (χ0v) is 28.3. The molecule has 0 bridgehead atoms. The third-order valence-electron chi connectivity index (χ3n) is 9.67. The van der Waals surface area contributed by atoms with Crippen LogP contribution >= 0.6 is 11.3 Å². The highest BCUT2D eigenvalue weighted by molar-refractivity contribution is 7.22. The zero-order chi connectivity index (χ0) is 33.7. The Labute approximate surface area is 299 Å². The number of aromatic nitrogens is 1. The van der Waals surface area contributed by atoms with Gasteiger partial charge in [-0.25, -0.2) is 4.98 Å². The van der Waals surface area contributed by atoms with Crippen LogP contribution in [0.3, 0.4) is 0 Å². The number of furan rings is 1. The van der Waals surface area contributed by atoms with E-state index in [1.54, 1.807) is 11.3 Å². The lowest BCUT2D eigenvalue weighted by Crippen LogP contribution is -2.11. The lowest BCUT2D eigenvalue weighted by Gasteiger charge is -2.28. The van der Waals surface area contributed by atoms with Crippen LogP contribution in [0.1, 0.15) is 0 Å². The van der Waals surface area contributed by atoms with Crippen LogP contribution in [-0.4, -0.2) is 4.98 Å².